The number of hydrogen-bond donors (Lipinski definition) is 2. The van der Waals surface area contributed by atoms with E-state index >= 15 is 0 Å². The van der Waals surface area contributed by atoms with E-state index in [-0.39, 0.29) is 22.3 Å². The predicted octanol–water partition coefficient (Wildman–Crippen LogP) is 1.39. The van der Waals surface area contributed by atoms with Gasteiger partial charge >= 0.3 is 0 Å². The molecule has 0 aliphatic heterocycles. The Balaban J connectivity index is 2.39. The van der Waals surface area contributed by atoms with E-state index in [0.29, 0.717) is 5.56 Å². The molecule has 6 nitrogen and oxygen atoms in total. The van der Waals surface area contributed by atoms with Crippen LogP contribution in [0.3, 0.4) is 0 Å². The molecule has 2 aromatic rings. The van der Waals surface area contributed by atoms with Gasteiger partial charge in [-0.1, -0.05) is 17.7 Å². The largest absolute Gasteiger partial charge is 0.326 e. The summed E-state index contributed by atoms with van der Waals surface area (Å²) in [7, 11) is -3.82. The first-order chi connectivity index (χ1) is 9.03. The Hall–Kier alpha value is -1.70. The summed E-state index contributed by atoms with van der Waals surface area (Å²) in [4.78, 5) is -0.0391. The number of aromatic nitrogens is 2. The number of halogens is 1. The summed E-state index contributed by atoms with van der Waals surface area (Å²) in [5.74, 6) is 0.122. The fourth-order valence-corrected chi connectivity index (χ4v) is 2.98. The maximum atomic E-state index is 12.2. The molecule has 0 saturated heterocycles. The van der Waals surface area contributed by atoms with Crippen molar-refractivity contribution in [3.05, 3.63) is 47.1 Å². The highest BCUT2D eigenvalue weighted by atomic mass is 35.5. The number of nitrogens with two attached hydrogens (primary N) is 1. The summed E-state index contributed by atoms with van der Waals surface area (Å²) in [5, 5.41) is 7.36. The molecule has 0 atom stereocenters. The van der Waals surface area contributed by atoms with Crippen LogP contribution in [0.15, 0.2) is 41.4 Å². The van der Waals surface area contributed by atoms with Crippen LogP contribution < -0.4 is 10.5 Å². The van der Waals surface area contributed by atoms with Crippen molar-refractivity contribution in [3.8, 4) is 0 Å². The van der Waals surface area contributed by atoms with E-state index < -0.39 is 10.0 Å². The van der Waals surface area contributed by atoms with Crippen molar-refractivity contribution in [3.63, 3.8) is 0 Å². The SMILES string of the molecule is NCc1ccc(Cl)c(S(=O)(=O)Nc2cccnn2)c1. The molecular weight excluding hydrogens is 288 g/mol. The Morgan fingerprint density at radius 1 is 1.32 bits per heavy atom. The van der Waals surface area contributed by atoms with E-state index in [9.17, 15) is 8.42 Å². The quantitative estimate of drug-likeness (QED) is 0.889. The van der Waals surface area contributed by atoms with Gasteiger partial charge < -0.3 is 5.73 Å². The van der Waals surface area contributed by atoms with Gasteiger partial charge in [-0.3, -0.25) is 4.72 Å². The van der Waals surface area contributed by atoms with Crippen molar-refractivity contribution < 1.29 is 8.42 Å². The van der Waals surface area contributed by atoms with Crippen LogP contribution >= 0.6 is 11.6 Å². The van der Waals surface area contributed by atoms with Crippen LogP contribution in [0.4, 0.5) is 5.82 Å². The zero-order valence-corrected chi connectivity index (χ0v) is 11.3. The summed E-state index contributed by atoms with van der Waals surface area (Å²) in [6, 6.07) is 7.66. The predicted molar refractivity (Wildman–Crippen MR) is 72.2 cm³/mol. The summed E-state index contributed by atoms with van der Waals surface area (Å²) >= 11 is 5.91. The molecule has 1 aromatic heterocycles. The standard InChI is InChI=1S/C11H11ClN4O2S/c12-9-4-3-8(7-13)6-10(9)19(17,18)16-11-2-1-5-14-15-11/h1-6H,7,13H2,(H,15,16). The molecule has 0 amide bonds. The number of rotatable bonds is 4. The number of nitrogens with one attached hydrogen (secondary N) is 1. The number of anilines is 1. The maximum Gasteiger partial charge on any atom is 0.264 e. The molecule has 3 N–H and O–H groups in total. The zero-order valence-electron chi connectivity index (χ0n) is 9.75. The Kier molecular flexibility index (Phi) is 3.98. The van der Waals surface area contributed by atoms with Crippen LogP contribution in [-0.4, -0.2) is 18.6 Å². The minimum absolute atomic E-state index is 0.0391. The average molecular weight is 299 g/mol. The first kappa shape index (κ1) is 13.7. The molecule has 8 heteroatoms. The molecule has 0 aliphatic carbocycles. The topological polar surface area (TPSA) is 98.0 Å². The molecule has 100 valence electrons. The van der Waals surface area contributed by atoms with Crippen molar-refractivity contribution in [1.82, 2.24) is 10.2 Å². The highest BCUT2D eigenvalue weighted by Crippen LogP contribution is 2.24. The smallest absolute Gasteiger partial charge is 0.264 e. The van der Waals surface area contributed by atoms with Gasteiger partial charge in [0.15, 0.2) is 5.82 Å². The van der Waals surface area contributed by atoms with Gasteiger partial charge in [-0.05, 0) is 29.8 Å². The van der Waals surface area contributed by atoms with E-state index in [4.69, 9.17) is 17.3 Å². The third-order valence-corrected chi connectivity index (χ3v) is 4.17. The Morgan fingerprint density at radius 3 is 2.74 bits per heavy atom. The third-order valence-electron chi connectivity index (χ3n) is 2.33. The molecule has 1 heterocycles. The van der Waals surface area contributed by atoms with Crippen molar-refractivity contribution in [1.29, 1.82) is 0 Å². The molecule has 19 heavy (non-hydrogen) atoms. The van der Waals surface area contributed by atoms with Crippen LogP contribution in [-0.2, 0) is 16.6 Å². The highest BCUT2D eigenvalue weighted by molar-refractivity contribution is 7.92. The van der Waals surface area contributed by atoms with E-state index in [0.717, 1.165) is 0 Å². The van der Waals surface area contributed by atoms with E-state index in [1.54, 1.807) is 12.1 Å². The fraction of sp³-hybridized carbons (Fsp3) is 0.0909. The first-order valence-electron chi connectivity index (χ1n) is 5.32. The van der Waals surface area contributed by atoms with Crippen LogP contribution in [0.25, 0.3) is 0 Å². The summed E-state index contributed by atoms with van der Waals surface area (Å²) in [6.45, 7) is 0.227. The minimum atomic E-state index is -3.82. The minimum Gasteiger partial charge on any atom is -0.326 e. The molecule has 0 saturated carbocycles. The molecule has 0 spiro atoms. The Bertz CT molecular complexity index is 676. The molecule has 2 rings (SSSR count). The summed E-state index contributed by atoms with van der Waals surface area (Å²) in [6.07, 6.45) is 1.44. The molecule has 0 fully saturated rings. The van der Waals surface area contributed by atoms with Crippen LogP contribution in [0.2, 0.25) is 5.02 Å². The van der Waals surface area contributed by atoms with Crippen molar-refractivity contribution >= 4 is 27.4 Å². The fourth-order valence-electron chi connectivity index (χ4n) is 1.43. The lowest BCUT2D eigenvalue weighted by molar-refractivity contribution is 0.601. The van der Waals surface area contributed by atoms with Gasteiger partial charge in [-0.2, -0.15) is 5.10 Å². The average Bonchev–Trinajstić information content (AvgIpc) is 2.39. The van der Waals surface area contributed by atoms with Crippen LogP contribution in [0.5, 0.6) is 0 Å². The maximum absolute atomic E-state index is 12.2. The normalized spacial score (nSPS) is 11.3. The van der Waals surface area contributed by atoms with Crippen molar-refractivity contribution in [2.75, 3.05) is 4.72 Å². The van der Waals surface area contributed by atoms with Gasteiger partial charge in [0.25, 0.3) is 10.0 Å². The van der Waals surface area contributed by atoms with Gasteiger partial charge in [-0.25, -0.2) is 8.42 Å². The van der Waals surface area contributed by atoms with E-state index in [2.05, 4.69) is 14.9 Å². The lowest BCUT2D eigenvalue weighted by Crippen LogP contribution is -2.15. The van der Waals surface area contributed by atoms with Crippen LogP contribution in [0.1, 0.15) is 5.56 Å². The number of benzene rings is 1. The molecular formula is C11H11ClN4O2S. The Morgan fingerprint density at radius 2 is 2.11 bits per heavy atom. The summed E-state index contributed by atoms with van der Waals surface area (Å²) in [5.41, 5.74) is 6.15. The molecule has 0 unspecified atom stereocenters. The monoisotopic (exact) mass is 298 g/mol. The van der Waals surface area contributed by atoms with Crippen molar-refractivity contribution in [2.24, 2.45) is 5.73 Å². The first-order valence-corrected chi connectivity index (χ1v) is 7.18. The second-order valence-electron chi connectivity index (χ2n) is 3.68. The third kappa shape index (κ3) is 3.19. The lowest BCUT2D eigenvalue weighted by atomic mass is 10.2. The van der Waals surface area contributed by atoms with Gasteiger partial charge in [0.2, 0.25) is 0 Å². The number of hydrogen-bond acceptors (Lipinski definition) is 5. The molecule has 0 radical (unpaired) electrons. The second kappa shape index (κ2) is 5.52. The van der Waals surface area contributed by atoms with Gasteiger partial charge in [0, 0.05) is 12.7 Å². The van der Waals surface area contributed by atoms with Crippen LogP contribution in [0, 0.1) is 0 Å². The number of sulfonamides is 1. The summed E-state index contributed by atoms with van der Waals surface area (Å²) < 4.78 is 26.7. The highest BCUT2D eigenvalue weighted by Gasteiger charge is 2.19. The molecule has 0 aliphatic rings. The van der Waals surface area contributed by atoms with E-state index in [1.807, 2.05) is 0 Å². The number of nitrogens with zero attached hydrogens (tertiary/aromatic N) is 2. The van der Waals surface area contributed by atoms with Gasteiger partial charge in [0.05, 0.1) is 5.02 Å². The van der Waals surface area contributed by atoms with Gasteiger partial charge in [-0.15, -0.1) is 5.10 Å². The second-order valence-corrected chi connectivity index (χ2v) is 5.74. The lowest BCUT2D eigenvalue weighted by Gasteiger charge is -2.09. The Labute approximate surface area is 115 Å². The molecule has 0 bridgehead atoms. The molecule has 1 aromatic carbocycles. The zero-order chi connectivity index (χ0) is 13.9. The van der Waals surface area contributed by atoms with Gasteiger partial charge in [0.1, 0.15) is 4.90 Å². The van der Waals surface area contributed by atoms with E-state index in [1.165, 1.54) is 24.4 Å². The van der Waals surface area contributed by atoms with Crippen molar-refractivity contribution in [2.45, 2.75) is 11.4 Å².